The molecule has 0 bridgehead atoms. The molecule has 2 aromatic rings. The van der Waals surface area contributed by atoms with Crippen molar-refractivity contribution in [3.8, 4) is 5.75 Å². The summed E-state index contributed by atoms with van der Waals surface area (Å²) in [5, 5.41) is 0. The molecule has 0 unspecified atom stereocenters. The van der Waals surface area contributed by atoms with Gasteiger partial charge in [-0.05, 0) is 35.9 Å². The molecule has 0 aliphatic rings. The average Bonchev–Trinajstić information content (AvgIpc) is 2.37. The van der Waals surface area contributed by atoms with E-state index in [-0.39, 0.29) is 0 Å². The molecular formula is C14H11Br2NO2. The first-order chi connectivity index (χ1) is 9.06. The Labute approximate surface area is 128 Å². The Morgan fingerprint density at radius 3 is 2.53 bits per heavy atom. The molecule has 0 aliphatic carbocycles. The highest BCUT2D eigenvalue weighted by molar-refractivity contribution is 9.10. The van der Waals surface area contributed by atoms with Crippen molar-refractivity contribution in [1.29, 1.82) is 0 Å². The molecule has 2 aromatic carbocycles. The highest BCUT2D eigenvalue weighted by atomic mass is 79.9. The van der Waals surface area contributed by atoms with E-state index in [4.69, 9.17) is 10.5 Å². The molecule has 19 heavy (non-hydrogen) atoms. The van der Waals surface area contributed by atoms with Crippen LogP contribution in [0.1, 0.15) is 15.9 Å². The summed E-state index contributed by atoms with van der Waals surface area (Å²) in [5.74, 6) is -0.0267. The van der Waals surface area contributed by atoms with Crippen LogP contribution < -0.4 is 10.5 Å². The number of hydrogen-bond acceptors (Lipinski definition) is 2. The van der Waals surface area contributed by atoms with Crippen LogP contribution in [0.25, 0.3) is 0 Å². The van der Waals surface area contributed by atoms with E-state index in [2.05, 4.69) is 31.9 Å². The lowest BCUT2D eigenvalue weighted by molar-refractivity contribution is 0.0996. The summed E-state index contributed by atoms with van der Waals surface area (Å²) < 4.78 is 7.43. The standard InChI is InChI=1S/C14H11Br2NO2/c15-10-3-1-2-9(6-10)8-19-13-5-4-11(16)7-12(13)14(17)18/h1-7H,8H2,(H2,17,18). The van der Waals surface area contributed by atoms with Crippen molar-refractivity contribution < 1.29 is 9.53 Å². The van der Waals surface area contributed by atoms with Gasteiger partial charge in [0.25, 0.3) is 5.91 Å². The van der Waals surface area contributed by atoms with Crippen LogP contribution in [0.4, 0.5) is 0 Å². The monoisotopic (exact) mass is 383 g/mol. The normalized spacial score (nSPS) is 10.2. The second-order valence-electron chi connectivity index (χ2n) is 3.92. The van der Waals surface area contributed by atoms with Crippen LogP contribution in [-0.4, -0.2) is 5.91 Å². The van der Waals surface area contributed by atoms with Gasteiger partial charge < -0.3 is 10.5 Å². The highest BCUT2D eigenvalue weighted by Crippen LogP contribution is 2.24. The average molecular weight is 385 g/mol. The van der Waals surface area contributed by atoms with Crippen molar-refractivity contribution in [3.05, 3.63) is 62.5 Å². The van der Waals surface area contributed by atoms with E-state index < -0.39 is 5.91 Å². The van der Waals surface area contributed by atoms with Crippen molar-refractivity contribution >= 4 is 37.8 Å². The van der Waals surface area contributed by atoms with Crippen LogP contribution >= 0.6 is 31.9 Å². The van der Waals surface area contributed by atoms with Gasteiger partial charge in [0.05, 0.1) is 5.56 Å². The first-order valence-electron chi connectivity index (χ1n) is 5.53. The number of benzene rings is 2. The van der Waals surface area contributed by atoms with Crippen LogP contribution in [0, 0.1) is 0 Å². The van der Waals surface area contributed by atoms with Gasteiger partial charge in [0.2, 0.25) is 0 Å². The Balaban J connectivity index is 2.17. The minimum Gasteiger partial charge on any atom is -0.488 e. The second kappa shape index (κ2) is 6.21. The molecule has 5 heteroatoms. The largest absolute Gasteiger partial charge is 0.488 e. The summed E-state index contributed by atoms with van der Waals surface area (Å²) in [4.78, 5) is 11.4. The number of rotatable bonds is 4. The Morgan fingerprint density at radius 1 is 1.11 bits per heavy atom. The molecule has 1 amide bonds. The van der Waals surface area contributed by atoms with Crippen LogP contribution in [0.5, 0.6) is 5.75 Å². The van der Waals surface area contributed by atoms with Crippen LogP contribution in [0.3, 0.4) is 0 Å². The molecule has 3 nitrogen and oxygen atoms in total. The lowest BCUT2D eigenvalue weighted by Crippen LogP contribution is -2.13. The number of halogens is 2. The summed E-state index contributed by atoms with van der Waals surface area (Å²) >= 11 is 6.70. The molecule has 0 aromatic heterocycles. The molecular weight excluding hydrogens is 374 g/mol. The third kappa shape index (κ3) is 3.81. The van der Waals surface area contributed by atoms with Crippen molar-refractivity contribution in [2.24, 2.45) is 5.73 Å². The van der Waals surface area contributed by atoms with Crippen molar-refractivity contribution in [2.45, 2.75) is 6.61 Å². The second-order valence-corrected chi connectivity index (χ2v) is 5.75. The molecule has 0 saturated heterocycles. The highest BCUT2D eigenvalue weighted by Gasteiger charge is 2.10. The number of carbonyl (C=O) groups is 1. The van der Waals surface area contributed by atoms with Gasteiger partial charge in [-0.1, -0.05) is 44.0 Å². The maximum atomic E-state index is 11.4. The Hall–Kier alpha value is -1.33. The Morgan fingerprint density at radius 2 is 1.84 bits per heavy atom. The number of hydrogen-bond donors (Lipinski definition) is 1. The summed E-state index contributed by atoms with van der Waals surface area (Å²) in [6, 6.07) is 13.0. The fourth-order valence-electron chi connectivity index (χ4n) is 1.61. The van der Waals surface area contributed by atoms with Crippen molar-refractivity contribution in [2.75, 3.05) is 0 Å². The molecule has 98 valence electrons. The maximum absolute atomic E-state index is 11.4. The summed E-state index contributed by atoms with van der Waals surface area (Å²) in [5.41, 5.74) is 6.70. The molecule has 0 atom stereocenters. The number of primary amides is 1. The first kappa shape index (κ1) is 14.1. The Bertz CT molecular complexity index is 614. The van der Waals surface area contributed by atoms with E-state index in [1.165, 1.54) is 0 Å². The minimum absolute atomic E-state index is 0.365. The molecule has 2 rings (SSSR count). The zero-order valence-electron chi connectivity index (χ0n) is 9.90. The van der Waals surface area contributed by atoms with E-state index in [1.54, 1.807) is 12.1 Å². The van der Waals surface area contributed by atoms with Gasteiger partial charge >= 0.3 is 0 Å². The lowest BCUT2D eigenvalue weighted by Gasteiger charge is -2.10. The van der Waals surface area contributed by atoms with E-state index in [0.717, 1.165) is 14.5 Å². The topological polar surface area (TPSA) is 52.3 Å². The van der Waals surface area contributed by atoms with Gasteiger partial charge in [-0.15, -0.1) is 0 Å². The maximum Gasteiger partial charge on any atom is 0.252 e. The van der Waals surface area contributed by atoms with E-state index in [9.17, 15) is 4.79 Å². The quantitative estimate of drug-likeness (QED) is 0.869. The van der Waals surface area contributed by atoms with Gasteiger partial charge in [0.1, 0.15) is 12.4 Å². The predicted molar refractivity (Wildman–Crippen MR) is 81.1 cm³/mol. The fourth-order valence-corrected chi connectivity index (χ4v) is 2.42. The fraction of sp³-hybridized carbons (Fsp3) is 0.0714. The zero-order valence-corrected chi connectivity index (χ0v) is 13.1. The summed E-state index contributed by atoms with van der Waals surface area (Å²) in [6.07, 6.45) is 0. The van der Waals surface area contributed by atoms with Gasteiger partial charge in [-0.2, -0.15) is 0 Å². The first-order valence-corrected chi connectivity index (χ1v) is 7.11. The number of amides is 1. The predicted octanol–water partition coefficient (Wildman–Crippen LogP) is 3.89. The van der Waals surface area contributed by atoms with Crippen LogP contribution in [0.15, 0.2) is 51.4 Å². The molecule has 0 heterocycles. The van der Waals surface area contributed by atoms with Gasteiger partial charge in [0, 0.05) is 8.95 Å². The smallest absolute Gasteiger partial charge is 0.252 e. The van der Waals surface area contributed by atoms with Crippen LogP contribution in [0.2, 0.25) is 0 Å². The third-order valence-electron chi connectivity index (χ3n) is 2.49. The molecule has 0 aliphatic heterocycles. The molecule has 2 N–H and O–H groups in total. The molecule has 0 saturated carbocycles. The molecule has 0 fully saturated rings. The zero-order chi connectivity index (χ0) is 13.8. The van der Waals surface area contributed by atoms with Crippen molar-refractivity contribution in [3.63, 3.8) is 0 Å². The van der Waals surface area contributed by atoms with E-state index >= 15 is 0 Å². The Kier molecular flexibility index (Phi) is 4.61. The summed E-state index contributed by atoms with van der Waals surface area (Å²) in [6.45, 7) is 0.376. The number of carbonyl (C=O) groups excluding carboxylic acids is 1. The molecule has 0 radical (unpaired) electrons. The minimum atomic E-state index is -0.509. The van der Waals surface area contributed by atoms with Gasteiger partial charge in [0.15, 0.2) is 0 Å². The summed E-state index contributed by atoms with van der Waals surface area (Å²) in [7, 11) is 0. The van der Waals surface area contributed by atoms with E-state index in [1.807, 2.05) is 30.3 Å². The lowest BCUT2D eigenvalue weighted by atomic mass is 10.2. The number of nitrogens with two attached hydrogens (primary N) is 1. The van der Waals surface area contributed by atoms with Crippen molar-refractivity contribution in [1.82, 2.24) is 0 Å². The van der Waals surface area contributed by atoms with E-state index in [0.29, 0.717) is 17.9 Å². The number of ether oxygens (including phenoxy) is 1. The SMILES string of the molecule is NC(=O)c1cc(Br)ccc1OCc1cccc(Br)c1. The van der Waals surface area contributed by atoms with Gasteiger partial charge in [-0.3, -0.25) is 4.79 Å². The van der Waals surface area contributed by atoms with Gasteiger partial charge in [-0.25, -0.2) is 0 Å². The van der Waals surface area contributed by atoms with Crippen LogP contribution in [-0.2, 0) is 6.61 Å². The molecule has 0 spiro atoms. The third-order valence-corrected chi connectivity index (χ3v) is 3.48.